The average Bonchev–Trinajstić information content (AvgIpc) is 2.34. The Hall–Kier alpha value is -0.500. The van der Waals surface area contributed by atoms with Crippen molar-refractivity contribution in [1.29, 1.82) is 0 Å². The van der Waals surface area contributed by atoms with Gasteiger partial charge in [0.2, 0.25) is 0 Å². The van der Waals surface area contributed by atoms with Gasteiger partial charge in [0.05, 0.1) is 5.38 Å². The Morgan fingerprint density at radius 2 is 1.61 bits per heavy atom. The molecular weight excluding hydrogens is 331 g/mol. The maximum atomic E-state index is 6.56. The van der Waals surface area contributed by atoms with Gasteiger partial charge in [0.25, 0.3) is 0 Å². The first-order chi connectivity index (χ1) is 8.49. The fourth-order valence-electron chi connectivity index (χ4n) is 1.89. The summed E-state index contributed by atoms with van der Waals surface area (Å²) in [4.78, 5) is 0. The maximum Gasteiger partial charge on any atom is 0.0838 e. The zero-order chi connectivity index (χ0) is 13.3. The first kappa shape index (κ1) is 13.9. The van der Waals surface area contributed by atoms with E-state index < -0.39 is 0 Å². The van der Waals surface area contributed by atoms with Gasteiger partial charge < -0.3 is 0 Å². The Kier molecular flexibility index (Phi) is 4.37. The SMILES string of the molecule is Cc1cc(C(Cl)c2ccc(Br)cc2)c(C)cc1Cl. The molecule has 0 amide bonds. The summed E-state index contributed by atoms with van der Waals surface area (Å²) >= 11 is 16.1. The minimum absolute atomic E-state index is 0.144. The van der Waals surface area contributed by atoms with Gasteiger partial charge in [0, 0.05) is 9.50 Å². The lowest BCUT2D eigenvalue weighted by Gasteiger charge is -2.15. The van der Waals surface area contributed by atoms with Crippen LogP contribution in [0.2, 0.25) is 5.02 Å². The number of alkyl halides is 1. The molecule has 0 bridgehead atoms. The van der Waals surface area contributed by atoms with Gasteiger partial charge in [-0.3, -0.25) is 0 Å². The quantitative estimate of drug-likeness (QED) is 0.582. The van der Waals surface area contributed by atoms with Crippen LogP contribution in [0.1, 0.15) is 27.6 Å². The van der Waals surface area contributed by atoms with E-state index in [1.54, 1.807) is 0 Å². The van der Waals surface area contributed by atoms with Crippen LogP contribution in [0.25, 0.3) is 0 Å². The van der Waals surface area contributed by atoms with E-state index in [-0.39, 0.29) is 5.38 Å². The summed E-state index contributed by atoms with van der Waals surface area (Å²) in [7, 11) is 0. The second kappa shape index (κ2) is 5.64. The molecule has 94 valence electrons. The van der Waals surface area contributed by atoms with Gasteiger partial charge in [-0.05, 0) is 54.3 Å². The van der Waals surface area contributed by atoms with Crippen molar-refractivity contribution < 1.29 is 0 Å². The van der Waals surface area contributed by atoms with Crippen molar-refractivity contribution in [3.05, 3.63) is 68.1 Å². The minimum atomic E-state index is -0.144. The molecule has 1 atom stereocenters. The standard InChI is InChI=1S/C15H13BrCl2/c1-9-8-14(17)10(2)7-13(9)15(18)11-3-5-12(16)6-4-11/h3-8,15H,1-2H3. The Balaban J connectivity index is 2.42. The summed E-state index contributed by atoms with van der Waals surface area (Å²) in [6, 6.07) is 12.1. The van der Waals surface area contributed by atoms with Gasteiger partial charge in [-0.15, -0.1) is 11.6 Å². The molecule has 2 rings (SSSR count). The number of rotatable bonds is 2. The van der Waals surface area contributed by atoms with Crippen molar-refractivity contribution in [2.75, 3.05) is 0 Å². The Labute approximate surface area is 126 Å². The summed E-state index contributed by atoms with van der Waals surface area (Å²) in [5, 5.41) is 0.644. The van der Waals surface area contributed by atoms with E-state index in [0.717, 1.165) is 31.7 Å². The molecule has 18 heavy (non-hydrogen) atoms. The van der Waals surface area contributed by atoms with Crippen molar-refractivity contribution in [3.8, 4) is 0 Å². The summed E-state index contributed by atoms with van der Waals surface area (Å²) in [6.07, 6.45) is 0. The molecule has 0 fully saturated rings. The highest BCUT2D eigenvalue weighted by atomic mass is 79.9. The number of hydrogen-bond acceptors (Lipinski definition) is 0. The number of hydrogen-bond donors (Lipinski definition) is 0. The smallest absolute Gasteiger partial charge is 0.0838 e. The monoisotopic (exact) mass is 342 g/mol. The second-order valence-electron chi connectivity index (χ2n) is 4.37. The molecule has 0 heterocycles. The van der Waals surface area contributed by atoms with Crippen molar-refractivity contribution in [3.63, 3.8) is 0 Å². The van der Waals surface area contributed by atoms with Gasteiger partial charge in [-0.25, -0.2) is 0 Å². The van der Waals surface area contributed by atoms with Crippen LogP contribution >= 0.6 is 39.1 Å². The van der Waals surface area contributed by atoms with Crippen LogP contribution in [0.4, 0.5) is 0 Å². The third-order valence-electron chi connectivity index (χ3n) is 2.98. The lowest BCUT2D eigenvalue weighted by Crippen LogP contribution is -1.97. The van der Waals surface area contributed by atoms with E-state index in [4.69, 9.17) is 23.2 Å². The van der Waals surface area contributed by atoms with Gasteiger partial charge in [-0.2, -0.15) is 0 Å². The zero-order valence-electron chi connectivity index (χ0n) is 10.2. The molecule has 0 aliphatic heterocycles. The molecule has 0 radical (unpaired) electrons. The van der Waals surface area contributed by atoms with E-state index >= 15 is 0 Å². The molecule has 0 saturated carbocycles. The van der Waals surface area contributed by atoms with Crippen LogP contribution in [0.3, 0.4) is 0 Å². The van der Waals surface area contributed by atoms with Crippen molar-refractivity contribution in [2.45, 2.75) is 19.2 Å². The van der Waals surface area contributed by atoms with Gasteiger partial charge in [0.15, 0.2) is 0 Å². The first-order valence-corrected chi connectivity index (χ1v) is 7.26. The van der Waals surface area contributed by atoms with Gasteiger partial charge in [-0.1, -0.05) is 45.7 Å². The lowest BCUT2D eigenvalue weighted by atomic mass is 9.98. The zero-order valence-corrected chi connectivity index (χ0v) is 13.3. The van der Waals surface area contributed by atoms with E-state index in [9.17, 15) is 0 Å². The van der Waals surface area contributed by atoms with Gasteiger partial charge in [0.1, 0.15) is 0 Å². The molecule has 2 aromatic rings. The predicted molar refractivity (Wildman–Crippen MR) is 82.8 cm³/mol. The lowest BCUT2D eigenvalue weighted by molar-refractivity contribution is 1.10. The van der Waals surface area contributed by atoms with Crippen LogP contribution in [-0.4, -0.2) is 0 Å². The van der Waals surface area contributed by atoms with Crippen molar-refractivity contribution in [2.24, 2.45) is 0 Å². The Morgan fingerprint density at radius 1 is 1.00 bits per heavy atom. The molecule has 0 saturated heterocycles. The van der Waals surface area contributed by atoms with Crippen LogP contribution in [0, 0.1) is 13.8 Å². The van der Waals surface area contributed by atoms with E-state index in [1.165, 1.54) is 0 Å². The summed E-state index contributed by atoms with van der Waals surface area (Å²) in [5.41, 5.74) is 4.37. The molecule has 0 spiro atoms. The molecule has 0 N–H and O–H groups in total. The maximum absolute atomic E-state index is 6.56. The molecule has 0 aliphatic carbocycles. The molecule has 2 aromatic carbocycles. The summed E-state index contributed by atoms with van der Waals surface area (Å²) < 4.78 is 1.05. The fraction of sp³-hybridized carbons (Fsp3) is 0.200. The van der Waals surface area contributed by atoms with Crippen LogP contribution in [-0.2, 0) is 0 Å². The van der Waals surface area contributed by atoms with E-state index in [2.05, 4.69) is 22.0 Å². The molecule has 0 aliphatic rings. The fourth-order valence-corrected chi connectivity index (χ4v) is 2.75. The Bertz CT molecular complexity index is 561. The van der Waals surface area contributed by atoms with Crippen LogP contribution < -0.4 is 0 Å². The van der Waals surface area contributed by atoms with Crippen LogP contribution in [0.15, 0.2) is 40.9 Å². The molecular formula is C15H13BrCl2. The molecule has 3 heteroatoms. The topological polar surface area (TPSA) is 0 Å². The number of benzene rings is 2. The van der Waals surface area contributed by atoms with Crippen molar-refractivity contribution >= 4 is 39.1 Å². The highest BCUT2D eigenvalue weighted by Crippen LogP contribution is 2.34. The average molecular weight is 344 g/mol. The highest BCUT2D eigenvalue weighted by Gasteiger charge is 2.14. The third-order valence-corrected chi connectivity index (χ3v) is 4.41. The summed E-state index contributed by atoms with van der Waals surface area (Å²) in [6.45, 7) is 4.03. The number of halogens is 3. The molecule has 1 unspecified atom stereocenters. The van der Waals surface area contributed by atoms with Gasteiger partial charge >= 0.3 is 0 Å². The predicted octanol–water partition coefficient (Wildman–Crippen LogP) is 6.05. The summed E-state index contributed by atoms with van der Waals surface area (Å²) in [5.74, 6) is 0. The van der Waals surface area contributed by atoms with E-state index in [0.29, 0.717) is 0 Å². The van der Waals surface area contributed by atoms with Crippen LogP contribution in [0.5, 0.6) is 0 Å². The molecule has 0 aromatic heterocycles. The second-order valence-corrected chi connectivity index (χ2v) is 6.13. The highest BCUT2D eigenvalue weighted by molar-refractivity contribution is 9.10. The third kappa shape index (κ3) is 2.90. The normalized spacial score (nSPS) is 12.5. The van der Waals surface area contributed by atoms with Crippen molar-refractivity contribution in [1.82, 2.24) is 0 Å². The molecule has 0 nitrogen and oxygen atoms in total. The van der Waals surface area contributed by atoms with E-state index in [1.807, 2.05) is 44.2 Å². The minimum Gasteiger partial charge on any atom is -0.113 e. The Morgan fingerprint density at radius 3 is 2.22 bits per heavy atom. The first-order valence-electron chi connectivity index (χ1n) is 5.65. The largest absolute Gasteiger partial charge is 0.113 e. The number of aryl methyl sites for hydroxylation is 2.